The molecule has 98 valence electrons. The van der Waals surface area contributed by atoms with Crippen LogP contribution in [0.5, 0.6) is 0 Å². The first kappa shape index (κ1) is 13.2. The smallest absolute Gasteiger partial charge is 0.240 e. The van der Waals surface area contributed by atoms with Crippen LogP contribution in [0.1, 0.15) is 10.9 Å². The third-order valence-corrected chi connectivity index (χ3v) is 5.29. The molecule has 0 aliphatic carbocycles. The van der Waals surface area contributed by atoms with Gasteiger partial charge in [-0.2, -0.15) is 0 Å². The van der Waals surface area contributed by atoms with Crippen molar-refractivity contribution in [1.82, 2.24) is 10.2 Å². The first-order valence-corrected chi connectivity index (χ1v) is 8.00. The summed E-state index contributed by atoms with van der Waals surface area (Å²) in [5.41, 5.74) is 2.54. The number of carbonyl (C=O) groups is 1. The molecule has 1 atom stereocenters. The quantitative estimate of drug-likeness (QED) is 0.843. The average Bonchev–Trinajstić information content (AvgIpc) is 3.01. The summed E-state index contributed by atoms with van der Waals surface area (Å²) >= 11 is 14.8. The number of halogens is 2. The number of carbonyl (C=O) groups excluding carboxylic acids is 1. The van der Waals surface area contributed by atoms with Gasteiger partial charge in [0, 0.05) is 0 Å². The number of anilines is 1. The minimum absolute atomic E-state index is 0.0258. The van der Waals surface area contributed by atoms with E-state index in [0.717, 1.165) is 5.56 Å². The van der Waals surface area contributed by atoms with Gasteiger partial charge in [-0.05, 0) is 17.7 Å². The van der Waals surface area contributed by atoms with Crippen LogP contribution in [0.25, 0.3) is 0 Å². The van der Waals surface area contributed by atoms with E-state index in [-0.39, 0.29) is 11.3 Å². The second kappa shape index (κ2) is 5.28. The van der Waals surface area contributed by atoms with E-state index >= 15 is 0 Å². The first-order chi connectivity index (χ1) is 9.16. The second-order valence-corrected chi connectivity index (χ2v) is 6.52. The molecule has 8 heteroatoms. The number of aromatic nitrogens is 2. The fourth-order valence-electron chi connectivity index (χ4n) is 1.82. The van der Waals surface area contributed by atoms with E-state index in [1.807, 2.05) is 6.07 Å². The van der Waals surface area contributed by atoms with Crippen molar-refractivity contribution in [3.63, 3.8) is 0 Å². The van der Waals surface area contributed by atoms with E-state index in [1.165, 1.54) is 23.1 Å². The molecular weight excluding hydrogens is 325 g/mol. The Morgan fingerprint density at radius 1 is 1.32 bits per heavy atom. The normalized spacial score (nSPS) is 19.2. The third kappa shape index (κ3) is 2.45. The third-order valence-electron chi connectivity index (χ3n) is 2.65. The molecule has 19 heavy (non-hydrogen) atoms. The lowest BCUT2D eigenvalue weighted by molar-refractivity contribution is -0.115. The zero-order valence-electron chi connectivity index (χ0n) is 9.42. The SMILES string of the molecule is O=C1CS[C@@H](c2ccc(Cl)c(Cl)c2)N1c1nncs1. The number of benzene rings is 1. The lowest BCUT2D eigenvalue weighted by atomic mass is 10.2. The highest BCUT2D eigenvalue weighted by molar-refractivity contribution is 8.00. The van der Waals surface area contributed by atoms with E-state index in [9.17, 15) is 4.79 Å². The second-order valence-electron chi connectivity index (χ2n) is 3.82. The predicted molar refractivity (Wildman–Crippen MR) is 79.1 cm³/mol. The van der Waals surface area contributed by atoms with E-state index in [4.69, 9.17) is 23.2 Å². The molecule has 0 radical (unpaired) electrons. The van der Waals surface area contributed by atoms with Crippen LogP contribution in [-0.2, 0) is 4.79 Å². The lowest BCUT2D eigenvalue weighted by Crippen LogP contribution is -2.27. The predicted octanol–water partition coefficient (Wildman–Crippen LogP) is 3.62. The Bertz CT molecular complexity index is 620. The van der Waals surface area contributed by atoms with Crippen LogP contribution in [0.2, 0.25) is 10.0 Å². The van der Waals surface area contributed by atoms with Crippen LogP contribution in [0, 0.1) is 0 Å². The number of hydrogen-bond donors (Lipinski definition) is 0. The molecule has 0 spiro atoms. The molecular formula is C11H7Cl2N3OS2. The highest BCUT2D eigenvalue weighted by atomic mass is 35.5. The summed E-state index contributed by atoms with van der Waals surface area (Å²) in [6.07, 6.45) is 0. The highest BCUT2D eigenvalue weighted by Gasteiger charge is 2.36. The molecule has 3 rings (SSSR count). The van der Waals surface area contributed by atoms with Crippen molar-refractivity contribution in [3.8, 4) is 0 Å². The number of amides is 1. The van der Waals surface area contributed by atoms with Gasteiger partial charge in [-0.3, -0.25) is 9.69 Å². The summed E-state index contributed by atoms with van der Waals surface area (Å²) in [6.45, 7) is 0. The van der Waals surface area contributed by atoms with Gasteiger partial charge in [0.25, 0.3) is 0 Å². The Balaban J connectivity index is 1.99. The summed E-state index contributed by atoms with van der Waals surface area (Å²) in [4.78, 5) is 13.6. The molecule has 0 saturated carbocycles. The van der Waals surface area contributed by atoms with Crippen molar-refractivity contribution in [1.29, 1.82) is 0 Å². The van der Waals surface area contributed by atoms with Crippen LogP contribution in [0.15, 0.2) is 23.7 Å². The van der Waals surface area contributed by atoms with Gasteiger partial charge in [-0.15, -0.1) is 22.0 Å². The molecule has 1 aliphatic rings. The molecule has 2 heterocycles. The molecule has 1 aromatic heterocycles. The zero-order chi connectivity index (χ0) is 13.4. The molecule has 1 aliphatic heterocycles. The van der Waals surface area contributed by atoms with Crippen LogP contribution in [-0.4, -0.2) is 21.9 Å². The monoisotopic (exact) mass is 331 g/mol. The van der Waals surface area contributed by atoms with Gasteiger partial charge in [0.1, 0.15) is 10.9 Å². The van der Waals surface area contributed by atoms with Crippen molar-refractivity contribution >= 4 is 57.3 Å². The maximum absolute atomic E-state index is 12.0. The molecule has 1 aromatic carbocycles. The number of nitrogens with zero attached hydrogens (tertiary/aromatic N) is 3. The summed E-state index contributed by atoms with van der Waals surface area (Å²) in [6, 6.07) is 5.40. The molecule has 0 N–H and O–H groups in total. The molecule has 2 aromatic rings. The van der Waals surface area contributed by atoms with Gasteiger partial charge in [-0.1, -0.05) is 40.6 Å². The van der Waals surface area contributed by atoms with Crippen molar-refractivity contribution in [2.24, 2.45) is 0 Å². The highest BCUT2D eigenvalue weighted by Crippen LogP contribution is 2.43. The Hall–Kier alpha value is -0.820. The number of thioether (sulfide) groups is 1. The summed E-state index contributed by atoms with van der Waals surface area (Å²) in [5.74, 6) is 0.447. The lowest BCUT2D eigenvalue weighted by Gasteiger charge is -2.21. The standard InChI is InChI=1S/C11H7Cl2N3OS2/c12-7-2-1-6(3-8(7)13)10-16(9(17)4-18-10)11-15-14-5-19-11/h1-3,5,10H,4H2/t10-/m0/s1. The number of rotatable bonds is 2. The number of hydrogen-bond acceptors (Lipinski definition) is 5. The van der Waals surface area contributed by atoms with Crippen molar-refractivity contribution in [2.45, 2.75) is 5.37 Å². The fraction of sp³-hybridized carbons (Fsp3) is 0.182. The summed E-state index contributed by atoms with van der Waals surface area (Å²) in [7, 11) is 0. The van der Waals surface area contributed by atoms with E-state index in [1.54, 1.807) is 22.5 Å². The fourth-order valence-corrected chi connectivity index (χ4v) is 3.94. The van der Waals surface area contributed by atoms with Crippen LogP contribution >= 0.6 is 46.3 Å². The van der Waals surface area contributed by atoms with E-state index < -0.39 is 0 Å². The summed E-state index contributed by atoms with van der Waals surface area (Å²) < 4.78 is 0. The molecule has 1 fully saturated rings. The Morgan fingerprint density at radius 3 is 2.84 bits per heavy atom. The van der Waals surface area contributed by atoms with Gasteiger partial charge in [0.05, 0.1) is 15.8 Å². The topological polar surface area (TPSA) is 46.1 Å². The van der Waals surface area contributed by atoms with Crippen molar-refractivity contribution < 1.29 is 4.79 Å². The zero-order valence-corrected chi connectivity index (χ0v) is 12.6. The van der Waals surface area contributed by atoms with Crippen molar-refractivity contribution in [2.75, 3.05) is 10.7 Å². The van der Waals surface area contributed by atoms with Gasteiger partial charge in [0.15, 0.2) is 0 Å². The first-order valence-electron chi connectivity index (χ1n) is 5.31. The molecule has 1 amide bonds. The Labute approximate surface area is 127 Å². The minimum atomic E-state index is -0.129. The largest absolute Gasteiger partial charge is 0.273 e. The van der Waals surface area contributed by atoms with Crippen LogP contribution in [0.3, 0.4) is 0 Å². The maximum atomic E-state index is 12.0. The molecule has 4 nitrogen and oxygen atoms in total. The molecule has 1 saturated heterocycles. The van der Waals surface area contributed by atoms with Crippen LogP contribution in [0.4, 0.5) is 5.13 Å². The van der Waals surface area contributed by atoms with Crippen LogP contribution < -0.4 is 4.90 Å². The Kier molecular flexibility index (Phi) is 3.66. The minimum Gasteiger partial charge on any atom is -0.273 e. The molecule has 0 unspecified atom stereocenters. The van der Waals surface area contributed by atoms with Gasteiger partial charge in [-0.25, -0.2) is 0 Å². The van der Waals surface area contributed by atoms with E-state index in [0.29, 0.717) is 20.9 Å². The van der Waals surface area contributed by atoms with Gasteiger partial charge in [0.2, 0.25) is 11.0 Å². The van der Waals surface area contributed by atoms with Gasteiger partial charge >= 0.3 is 0 Å². The van der Waals surface area contributed by atoms with Gasteiger partial charge < -0.3 is 0 Å². The Morgan fingerprint density at radius 2 is 2.16 bits per heavy atom. The summed E-state index contributed by atoms with van der Waals surface area (Å²) in [5, 5.41) is 9.20. The molecule has 0 bridgehead atoms. The van der Waals surface area contributed by atoms with Crippen molar-refractivity contribution in [3.05, 3.63) is 39.3 Å². The average molecular weight is 332 g/mol. The maximum Gasteiger partial charge on any atom is 0.240 e. The van der Waals surface area contributed by atoms with E-state index in [2.05, 4.69) is 10.2 Å².